The summed E-state index contributed by atoms with van der Waals surface area (Å²) >= 11 is 0. The molecule has 1 saturated heterocycles. The molecule has 2 atom stereocenters. The van der Waals surface area contributed by atoms with E-state index in [0.717, 1.165) is 11.1 Å². The number of alkyl halides is 3. The van der Waals surface area contributed by atoms with Crippen molar-refractivity contribution in [2.24, 2.45) is 5.92 Å². The number of halogens is 3. The van der Waals surface area contributed by atoms with Gasteiger partial charge in [0, 0.05) is 24.7 Å². The number of amides is 3. The molecule has 2 aliphatic rings. The van der Waals surface area contributed by atoms with Crippen LogP contribution in [0.3, 0.4) is 0 Å². The largest absolute Gasteiger partial charge is 0.465 e. The molecule has 5 rings (SSSR count). The monoisotopic (exact) mass is 656 g/mol. The maximum atomic E-state index is 14.0. The van der Waals surface area contributed by atoms with E-state index in [2.05, 4.69) is 25.9 Å². The fourth-order valence-corrected chi connectivity index (χ4v) is 5.59. The van der Waals surface area contributed by atoms with E-state index in [1.807, 2.05) is 12.1 Å². The van der Waals surface area contributed by atoms with Gasteiger partial charge in [-0.1, -0.05) is 18.2 Å². The van der Waals surface area contributed by atoms with Crippen molar-refractivity contribution in [1.82, 2.24) is 15.3 Å². The molecule has 2 aliphatic heterocycles. The molecule has 250 valence electrons. The van der Waals surface area contributed by atoms with E-state index in [0.29, 0.717) is 30.5 Å². The number of alkyl carbamates (subject to hydrolysis) is 1. The fraction of sp³-hybridized carbons (Fsp3) is 0.406. The van der Waals surface area contributed by atoms with E-state index < -0.39 is 48.4 Å². The van der Waals surface area contributed by atoms with Gasteiger partial charge in [0.15, 0.2) is 5.69 Å². The second kappa shape index (κ2) is 13.4. The molecule has 1 fully saturated rings. The summed E-state index contributed by atoms with van der Waals surface area (Å²) in [5.74, 6) is -2.60. The molecule has 47 heavy (non-hydrogen) atoms. The summed E-state index contributed by atoms with van der Waals surface area (Å²) in [5, 5.41) is 17.5. The predicted octanol–water partition coefficient (Wildman–Crippen LogP) is 6.06. The lowest BCUT2D eigenvalue weighted by Gasteiger charge is -2.40. The second-order valence-corrected chi connectivity index (χ2v) is 12.3. The van der Waals surface area contributed by atoms with Crippen LogP contribution in [0.2, 0.25) is 0 Å². The Morgan fingerprint density at radius 2 is 1.85 bits per heavy atom. The highest BCUT2D eigenvalue weighted by molar-refractivity contribution is 6.11. The number of nitrogens with one attached hydrogen (secondary N) is 3. The maximum absolute atomic E-state index is 14.0. The number of rotatable bonds is 6. The summed E-state index contributed by atoms with van der Waals surface area (Å²) in [7, 11) is 0. The van der Waals surface area contributed by atoms with Crippen LogP contribution in [0.5, 0.6) is 0 Å². The molecular weight excluding hydrogens is 621 g/mol. The predicted molar refractivity (Wildman–Crippen MR) is 169 cm³/mol. The highest BCUT2D eigenvalue weighted by Crippen LogP contribution is 2.37. The number of aromatic nitrogens is 2. The molecule has 3 aromatic rings. The van der Waals surface area contributed by atoms with Crippen molar-refractivity contribution in [3.05, 3.63) is 60.1 Å². The second-order valence-electron chi connectivity index (χ2n) is 12.3. The first-order chi connectivity index (χ1) is 22.2. The number of pyridine rings is 2. The van der Waals surface area contributed by atoms with Crippen molar-refractivity contribution < 1.29 is 42.1 Å². The number of carbonyl (C=O) groups excluding carboxylic acids is 2. The first-order valence-corrected chi connectivity index (χ1v) is 14.9. The lowest BCUT2D eigenvalue weighted by molar-refractivity contribution is -0.177. The first kappa shape index (κ1) is 33.4. The Balaban J connectivity index is 1.45. The number of fused-ring (bicyclic) bond motifs is 1. The molecule has 1 aromatic carbocycles. The van der Waals surface area contributed by atoms with Crippen molar-refractivity contribution in [2.75, 3.05) is 41.8 Å². The normalized spacial score (nSPS) is 18.7. The van der Waals surface area contributed by atoms with Crippen molar-refractivity contribution in [3.63, 3.8) is 0 Å². The molecular formula is C32H35F3N6O6. The van der Waals surface area contributed by atoms with E-state index in [4.69, 9.17) is 9.47 Å². The zero-order valence-corrected chi connectivity index (χ0v) is 26.0. The van der Waals surface area contributed by atoms with Crippen LogP contribution in [0.4, 0.5) is 39.8 Å². The Hall–Kier alpha value is -4.92. The highest BCUT2D eigenvalue weighted by Gasteiger charge is 2.45. The summed E-state index contributed by atoms with van der Waals surface area (Å²) in [5.41, 5.74) is 1.48. The maximum Gasteiger partial charge on any atom is 0.409 e. The van der Waals surface area contributed by atoms with Crippen molar-refractivity contribution in [1.29, 1.82) is 0 Å². The van der Waals surface area contributed by atoms with Gasteiger partial charge >= 0.3 is 18.4 Å². The number of hydrogen-bond acceptors (Lipinski definition) is 8. The van der Waals surface area contributed by atoms with Gasteiger partial charge in [0.05, 0.1) is 53.9 Å². The van der Waals surface area contributed by atoms with Gasteiger partial charge in [0.1, 0.15) is 5.60 Å². The molecule has 12 nitrogen and oxygen atoms in total. The molecule has 0 spiro atoms. The Morgan fingerprint density at radius 3 is 2.53 bits per heavy atom. The third-order valence-corrected chi connectivity index (χ3v) is 7.63. The quantitative estimate of drug-likeness (QED) is 0.248. The zero-order chi connectivity index (χ0) is 33.9. The number of hydrogen-bond donors (Lipinski definition) is 4. The van der Waals surface area contributed by atoms with Crippen molar-refractivity contribution in [2.45, 2.75) is 51.4 Å². The SMILES string of the molecule is CC(C)(C)OC(=O)N[C@H]1C[C@@H](C(F)(F)F)CN(c2ccncc2NC(=O)c2nc3cc(C4=CCOCC4)ccc3cc2NC(=O)O)C1. The van der Waals surface area contributed by atoms with E-state index in [1.165, 1.54) is 29.4 Å². The lowest BCUT2D eigenvalue weighted by atomic mass is 9.93. The van der Waals surface area contributed by atoms with Gasteiger partial charge in [0.25, 0.3) is 5.91 Å². The number of carboxylic acid groups (broad SMARTS) is 1. The van der Waals surface area contributed by atoms with E-state index in [1.54, 1.807) is 32.9 Å². The third-order valence-electron chi connectivity index (χ3n) is 7.63. The first-order valence-electron chi connectivity index (χ1n) is 14.9. The van der Waals surface area contributed by atoms with Gasteiger partial charge in [-0.25, -0.2) is 14.6 Å². The Labute approximate surface area is 268 Å². The summed E-state index contributed by atoms with van der Waals surface area (Å²) in [6, 6.07) is 7.48. The third kappa shape index (κ3) is 8.47. The Morgan fingerprint density at radius 1 is 1.06 bits per heavy atom. The van der Waals surface area contributed by atoms with E-state index in [9.17, 15) is 32.7 Å². The molecule has 2 aromatic heterocycles. The van der Waals surface area contributed by atoms with Gasteiger partial charge in [-0.05, 0) is 62.9 Å². The van der Waals surface area contributed by atoms with Crippen LogP contribution in [0.25, 0.3) is 16.5 Å². The molecule has 0 saturated carbocycles. The van der Waals surface area contributed by atoms with E-state index in [-0.39, 0.29) is 35.7 Å². The van der Waals surface area contributed by atoms with Crippen LogP contribution in [-0.4, -0.2) is 77.3 Å². The molecule has 4 heterocycles. The summed E-state index contributed by atoms with van der Waals surface area (Å²) in [6.07, 6.45) is -1.87. The number of ether oxygens (including phenoxy) is 2. The van der Waals surface area contributed by atoms with Gasteiger partial charge in [-0.2, -0.15) is 13.2 Å². The molecule has 0 aliphatic carbocycles. The summed E-state index contributed by atoms with van der Waals surface area (Å²) in [4.78, 5) is 47.7. The Kier molecular flexibility index (Phi) is 9.56. The van der Waals surface area contributed by atoms with Gasteiger partial charge in [-0.3, -0.25) is 15.1 Å². The minimum Gasteiger partial charge on any atom is -0.465 e. The zero-order valence-electron chi connectivity index (χ0n) is 26.0. The van der Waals surface area contributed by atoms with Crippen LogP contribution < -0.4 is 20.9 Å². The molecule has 3 amide bonds. The topological polar surface area (TPSA) is 155 Å². The standard InChI is InChI=1S/C32H35F3N6O6/c1-31(2,3)47-30(45)37-22-14-21(32(33,34)35)16-41(17-22)26-6-9-36-15-25(26)39-28(42)27-24(40-29(43)44)13-20-5-4-19(12-23(20)38-27)18-7-10-46-11-8-18/h4-7,9,12-13,15,21-22,40H,8,10-11,14,16-17H2,1-3H3,(H,37,45)(H,39,42)(H,43,44)/t21-,22+/m1/s1. The molecule has 0 bridgehead atoms. The molecule has 15 heteroatoms. The van der Waals surface area contributed by atoms with Gasteiger partial charge in [-0.15, -0.1) is 0 Å². The Bertz CT molecular complexity index is 1710. The fourth-order valence-electron chi connectivity index (χ4n) is 5.59. The molecule has 4 N–H and O–H groups in total. The van der Waals surface area contributed by atoms with Gasteiger partial charge < -0.3 is 30.1 Å². The highest BCUT2D eigenvalue weighted by atomic mass is 19.4. The minimum atomic E-state index is -4.56. The minimum absolute atomic E-state index is 0.0115. The number of benzene rings is 1. The average molecular weight is 657 g/mol. The van der Waals surface area contributed by atoms with Crippen LogP contribution in [0, 0.1) is 5.92 Å². The molecule has 0 unspecified atom stereocenters. The number of anilines is 3. The number of nitrogens with zero attached hydrogens (tertiary/aromatic N) is 3. The number of carbonyl (C=O) groups is 3. The van der Waals surface area contributed by atoms with Crippen LogP contribution in [0.1, 0.15) is 49.7 Å². The smallest absolute Gasteiger partial charge is 0.409 e. The summed E-state index contributed by atoms with van der Waals surface area (Å²) < 4.78 is 52.8. The van der Waals surface area contributed by atoms with Crippen LogP contribution in [0.15, 0.2) is 48.8 Å². The summed E-state index contributed by atoms with van der Waals surface area (Å²) in [6.45, 7) is 5.54. The number of piperidine rings is 1. The van der Waals surface area contributed by atoms with E-state index >= 15 is 0 Å². The average Bonchev–Trinajstić information content (AvgIpc) is 2.99. The molecule has 0 radical (unpaired) electrons. The lowest BCUT2D eigenvalue weighted by Crippen LogP contribution is -2.54. The van der Waals surface area contributed by atoms with Crippen LogP contribution in [-0.2, 0) is 9.47 Å². The van der Waals surface area contributed by atoms with Crippen molar-refractivity contribution >= 4 is 51.6 Å². The van der Waals surface area contributed by atoms with Gasteiger partial charge in [0.2, 0.25) is 0 Å². The van der Waals surface area contributed by atoms with Crippen molar-refractivity contribution in [3.8, 4) is 0 Å². The van der Waals surface area contributed by atoms with Crippen LogP contribution >= 0.6 is 0 Å².